The second-order valence-electron chi connectivity index (χ2n) is 5.00. The van der Waals surface area contributed by atoms with Crippen LogP contribution in [0.15, 0.2) is 4.42 Å². The first-order valence-corrected chi connectivity index (χ1v) is 7.41. The molecule has 2 atom stereocenters. The number of carbonyl (C=O) groups is 1. The van der Waals surface area contributed by atoms with Crippen LogP contribution in [-0.4, -0.2) is 28.5 Å². The lowest BCUT2D eigenvalue weighted by molar-refractivity contribution is -0.140. The normalized spacial score (nSPS) is 14.4. The van der Waals surface area contributed by atoms with E-state index in [1.165, 1.54) is 7.11 Å². The van der Waals surface area contributed by atoms with Crippen molar-refractivity contribution in [3.05, 3.63) is 11.8 Å². The van der Waals surface area contributed by atoms with Crippen molar-refractivity contribution in [2.75, 3.05) is 7.11 Å². The van der Waals surface area contributed by atoms with Crippen molar-refractivity contribution in [3.63, 3.8) is 0 Å². The van der Waals surface area contributed by atoms with Crippen LogP contribution in [0.25, 0.3) is 0 Å². The first-order valence-electron chi connectivity index (χ1n) is 6.47. The van der Waals surface area contributed by atoms with Crippen LogP contribution in [0, 0.1) is 5.92 Å². The van der Waals surface area contributed by atoms with Crippen LogP contribution >= 0.6 is 11.8 Å². The summed E-state index contributed by atoms with van der Waals surface area (Å²) in [5.74, 6) is 1.60. The van der Waals surface area contributed by atoms with Gasteiger partial charge in [0.15, 0.2) is 0 Å². The van der Waals surface area contributed by atoms with Crippen LogP contribution in [0.1, 0.15) is 51.1 Å². The van der Waals surface area contributed by atoms with Crippen molar-refractivity contribution >= 4 is 17.7 Å². The van der Waals surface area contributed by atoms with E-state index in [0.717, 1.165) is 6.42 Å². The van der Waals surface area contributed by atoms with Gasteiger partial charge in [-0.2, -0.15) is 0 Å². The zero-order valence-electron chi connectivity index (χ0n) is 12.2. The number of methoxy groups -OCH3 is 1. The second kappa shape index (κ2) is 7.53. The van der Waals surface area contributed by atoms with E-state index in [-0.39, 0.29) is 16.5 Å². The molecule has 0 aliphatic carbocycles. The van der Waals surface area contributed by atoms with Crippen LogP contribution in [0.5, 0.6) is 0 Å². The van der Waals surface area contributed by atoms with Crippen LogP contribution < -0.4 is 0 Å². The summed E-state index contributed by atoms with van der Waals surface area (Å²) in [6.07, 6.45) is 1.18. The number of aromatic nitrogens is 2. The molecule has 1 rings (SSSR count). The topological polar surface area (TPSA) is 65.2 Å². The number of hydrogen-bond acceptors (Lipinski definition) is 6. The summed E-state index contributed by atoms with van der Waals surface area (Å²) in [5, 5.41) is 8.34. The van der Waals surface area contributed by atoms with Crippen molar-refractivity contribution in [2.24, 2.45) is 5.92 Å². The minimum atomic E-state index is -0.196. The number of nitrogens with zero attached hydrogens (tertiary/aromatic N) is 2. The molecule has 1 aromatic rings. The number of thioether (sulfide) groups is 1. The van der Waals surface area contributed by atoms with Gasteiger partial charge in [-0.3, -0.25) is 4.79 Å². The van der Waals surface area contributed by atoms with Gasteiger partial charge in [-0.1, -0.05) is 20.8 Å². The average molecular weight is 286 g/mol. The summed E-state index contributed by atoms with van der Waals surface area (Å²) in [7, 11) is 1.40. The highest BCUT2D eigenvalue weighted by molar-refractivity contribution is 8.00. The van der Waals surface area contributed by atoms with Crippen LogP contribution in [0.2, 0.25) is 0 Å². The van der Waals surface area contributed by atoms with E-state index in [2.05, 4.69) is 28.8 Å². The number of carbonyl (C=O) groups excluding carboxylic acids is 1. The molecule has 0 aromatic carbocycles. The maximum absolute atomic E-state index is 11.2. The van der Waals surface area contributed by atoms with Crippen LogP contribution in [-0.2, 0) is 16.0 Å². The third kappa shape index (κ3) is 5.63. The minimum Gasteiger partial charge on any atom is -0.469 e. The summed E-state index contributed by atoms with van der Waals surface area (Å²) in [6, 6.07) is 0. The Bertz CT molecular complexity index is 406. The Labute approximate surface area is 118 Å². The molecular weight excluding hydrogens is 264 g/mol. The van der Waals surface area contributed by atoms with Crippen molar-refractivity contribution in [1.82, 2.24) is 10.2 Å². The molecule has 0 aliphatic heterocycles. The van der Waals surface area contributed by atoms with Gasteiger partial charge in [0.25, 0.3) is 0 Å². The Balaban J connectivity index is 2.50. The van der Waals surface area contributed by atoms with E-state index in [1.807, 2.05) is 13.8 Å². The van der Waals surface area contributed by atoms with Crippen molar-refractivity contribution in [3.8, 4) is 0 Å². The fourth-order valence-corrected chi connectivity index (χ4v) is 2.78. The molecule has 5 nitrogen and oxygen atoms in total. The van der Waals surface area contributed by atoms with Crippen LogP contribution in [0.3, 0.4) is 0 Å². The van der Waals surface area contributed by atoms with E-state index in [9.17, 15) is 4.79 Å². The summed E-state index contributed by atoms with van der Waals surface area (Å²) < 4.78 is 10.3. The molecule has 0 aliphatic rings. The highest BCUT2D eigenvalue weighted by Crippen LogP contribution is 2.32. The monoisotopic (exact) mass is 286 g/mol. The molecule has 0 saturated heterocycles. The number of esters is 1. The third-order valence-electron chi connectivity index (χ3n) is 2.53. The summed E-state index contributed by atoms with van der Waals surface area (Å²) in [6.45, 7) is 8.22. The molecular formula is C13H22N2O3S. The smallest absolute Gasteiger partial charge is 0.306 e. The Kier molecular flexibility index (Phi) is 6.34. The molecule has 1 aromatic heterocycles. The maximum atomic E-state index is 11.2. The second-order valence-corrected chi connectivity index (χ2v) is 6.79. The highest BCUT2D eigenvalue weighted by atomic mass is 32.2. The highest BCUT2D eigenvalue weighted by Gasteiger charge is 2.19. The predicted molar refractivity (Wildman–Crippen MR) is 74.9 cm³/mol. The quantitative estimate of drug-likeness (QED) is 0.718. The molecule has 6 heteroatoms. The molecule has 19 heavy (non-hydrogen) atoms. The van der Waals surface area contributed by atoms with Gasteiger partial charge in [-0.25, -0.2) is 0 Å². The molecule has 0 radical (unpaired) electrons. The average Bonchev–Trinajstić information content (AvgIpc) is 2.76. The molecule has 0 fully saturated rings. The Morgan fingerprint density at radius 1 is 1.32 bits per heavy atom. The predicted octanol–water partition coefficient (Wildman–Crippen LogP) is 3.01. The maximum Gasteiger partial charge on any atom is 0.306 e. The van der Waals surface area contributed by atoms with E-state index in [0.29, 0.717) is 24.1 Å². The Morgan fingerprint density at radius 2 is 2.00 bits per heavy atom. The van der Waals surface area contributed by atoms with Gasteiger partial charge in [0.2, 0.25) is 11.8 Å². The Hall–Kier alpha value is -1.04. The van der Waals surface area contributed by atoms with Gasteiger partial charge in [-0.15, -0.1) is 22.0 Å². The molecule has 0 spiro atoms. The van der Waals surface area contributed by atoms with Crippen molar-refractivity contribution in [2.45, 2.75) is 51.0 Å². The van der Waals surface area contributed by atoms with E-state index >= 15 is 0 Å². The zero-order chi connectivity index (χ0) is 14.4. The van der Waals surface area contributed by atoms with Gasteiger partial charge in [0.1, 0.15) is 0 Å². The van der Waals surface area contributed by atoms with Crippen molar-refractivity contribution < 1.29 is 13.9 Å². The summed E-state index contributed by atoms with van der Waals surface area (Å²) in [4.78, 5) is 11.2. The molecule has 0 N–H and O–H groups in total. The van der Waals surface area contributed by atoms with Gasteiger partial charge in [0.05, 0.1) is 18.8 Å². The standard InChI is InChI=1S/C13H22N2O3S/c1-8(2)6-11-14-15-13(18-11)10(4)19-9(3)7-12(16)17-5/h8-10H,6-7H2,1-5H3/t9-,10+/m0/s1. The molecule has 108 valence electrons. The van der Waals surface area contributed by atoms with E-state index in [1.54, 1.807) is 11.8 Å². The lowest BCUT2D eigenvalue weighted by Gasteiger charge is -2.13. The number of ether oxygens (including phenoxy) is 1. The summed E-state index contributed by atoms with van der Waals surface area (Å²) >= 11 is 1.63. The van der Waals surface area contributed by atoms with Gasteiger partial charge >= 0.3 is 5.97 Å². The number of rotatable bonds is 7. The number of hydrogen-bond donors (Lipinski definition) is 0. The first-order chi connectivity index (χ1) is 8.92. The molecule has 1 heterocycles. The third-order valence-corrected chi connectivity index (χ3v) is 3.77. The lowest BCUT2D eigenvalue weighted by atomic mass is 10.1. The molecule has 0 saturated carbocycles. The lowest BCUT2D eigenvalue weighted by Crippen LogP contribution is -2.09. The minimum absolute atomic E-state index is 0.0769. The molecule has 0 bridgehead atoms. The fourth-order valence-electron chi connectivity index (χ4n) is 1.64. The molecule has 0 amide bonds. The van der Waals surface area contributed by atoms with E-state index in [4.69, 9.17) is 4.42 Å². The van der Waals surface area contributed by atoms with Gasteiger partial charge in [0, 0.05) is 11.7 Å². The largest absolute Gasteiger partial charge is 0.469 e. The zero-order valence-corrected chi connectivity index (χ0v) is 13.0. The van der Waals surface area contributed by atoms with Crippen LogP contribution in [0.4, 0.5) is 0 Å². The molecule has 0 unspecified atom stereocenters. The fraction of sp³-hybridized carbons (Fsp3) is 0.769. The first kappa shape index (κ1) is 16.0. The van der Waals surface area contributed by atoms with Crippen molar-refractivity contribution in [1.29, 1.82) is 0 Å². The SMILES string of the molecule is COC(=O)C[C@H](C)S[C@H](C)c1nnc(CC(C)C)o1. The van der Waals surface area contributed by atoms with Gasteiger partial charge < -0.3 is 9.15 Å². The van der Waals surface area contributed by atoms with Gasteiger partial charge in [-0.05, 0) is 12.8 Å². The van der Waals surface area contributed by atoms with E-state index < -0.39 is 0 Å². The Morgan fingerprint density at radius 3 is 2.58 bits per heavy atom. The summed E-state index contributed by atoms with van der Waals surface area (Å²) in [5.41, 5.74) is 0.